The molecule has 1 aliphatic heterocycles. The Morgan fingerprint density at radius 2 is 1.80 bits per heavy atom. The molecule has 9 heteroatoms. The van der Waals surface area contributed by atoms with Gasteiger partial charge >= 0.3 is 6.03 Å². The minimum absolute atomic E-state index is 0.148. The number of urea groups is 1. The number of aromatic nitrogens is 3. The number of rotatable bonds is 3. The van der Waals surface area contributed by atoms with Gasteiger partial charge in [-0.15, -0.1) is 0 Å². The summed E-state index contributed by atoms with van der Waals surface area (Å²) in [6.07, 6.45) is 1.76. The Labute approximate surface area is 185 Å². The number of anilines is 2. The smallest absolute Gasteiger partial charge is 0.321 e. The van der Waals surface area contributed by atoms with Crippen LogP contribution in [0, 0.1) is 13.8 Å². The van der Waals surface area contributed by atoms with Gasteiger partial charge in [-0.2, -0.15) is 5.10 Å². The second-order valence-electron chi connectivity index (χ2n) is 7.15. The van der Waals surface area contributed by atoms with Crippen LogP contribution in [0.2, 0.25) is 10.0 Å². The zero-order chi connectivity index (χ0) is 21.3. The molecule has 0 unspecified atom stereocenters. The molecule has 0 aliphatic carbocycles. The van der Waals surface area contributed by atoms with Crippen molar-refractivity contribution >= 4 is 40.6 Å². The van der Waals surface area contributed by atoms with Crippen molar-refractivity contribution in [3.8, 4) is 5.82 Å². The van der Waals surface area contributed by atoms with Crippen molar-refractivity contribution in [1.82, 2.24) is 19.7 Å². The molecule has 0 bridgehead atoms. The summed E-state index contributed by atoms with van der Waals surface area (Å²) < 4.78 is 1.87. The molecule has 1 aliphatic rings. The molecule has 156 valence electrons. The van der Waals surface area contributed by atoms with Crippen molar-refractivity contribution in [2.24, 2.45) is 0 Å². The van der Waals surface area contributed by atoms with Crippen LogP contribution in [0.25, 0.3) is 5.82 Å². The maximum absolute atomic E-state index is 12.6. The van der Waals surface area contributed by atoms with Crippen molar-refractivity contribution in [2.45, 2.75) is 13.8 Å². The van der Waals surface area contributed by atoms with Crippen LogP contribution in [0.1, 0.15) is 11.4 Å². The minimum Gasteiger partial charge on any atom is -0.365 e. The van der Waals surface area contributed by atoms with Gasteiger partial charge in [0.25, 0.3) is 0 Å². The van der Waals surface area contributed by atoms with Crippen molar-refractivity contribution in [2.75, 3.05) is 36.4 Å². The van der Waals surface area contributed by atoms with Crippen LogP contribution in [0.5, 0.6) is 0 Å². The highest BCUT2D eigenvalue weighted by Crippen LogP contribution is 2.28. The third kappa shape index (κ3) is 4.08. The van der Waals surface area contributed by atoms with Crippen LogP contribution < -0.4 is 10.2 Å². The molecule has 0 atom stereocenters. The van der Waals surface area contributed by atoms with Gasteiger partial charge in [-0.05, 0) is 44.2 Å². The summed E-state index contributed by atoms with van der Waals surface area (Å²) in [6, 6.07) is 10.7. The topological polar surface area (TPSA) is 66.3 Å². The van der Waals surface area contributed by atoms with Gasteiger partial charge in [0.15, 0.2) is 5.82 Å². The second-order valence-corrected chi connectivity index (χ2v) is 7.97. The molecule has 0 saturated carbocycles. The zero-order valence-corrected chi connectivity index (χ0v) is 18.3. The SMILES string of the molecule is Cc1nn(-c2ccccn2)c(C)c1N1CCN(C(=O)Nc2ccc(Cl)c(Cl)c2)CC1. The van der Waals surface area contributed by atoms with E-state index < -0.39 is 0 Å². The lowest BCUT2D eigenvalue weighted by Gasteiger charge is -2.36. The van der Waals surface area contributed by atoms with E-state index in [4.69, 9.17) is 23.2 Å². The monoisotopic (exact) mass is 444 g/mol. The van der Waals surface area contributed by atoms with Crippen LogP contribution in [0.3, 0.4) is 0 Å². The summed E-state index contributed by atoms with van der Waals surface area (Å²) in [5, 5.41) is 8.43. The van der Waals surface area contributed by atoms with Crippen molar-refractivity contribution in [3.63, 3.8) is 0 Å². The van der Waals surface area contributed by atoms with Crippen LogP contribution in [0.4, 0.5) is 16.2 Å². The van der Waals surface area contributed by atoms with Gasteiger partial charge in [0, 0.05) is 38.1 Å². The third-order valence-corrected chi connectivity index (χ3v) is 5.91. The van der Waals surface area contributed by atoms with E-state index in [0.717, 1.165) is 36.0 Å². The first-order valence-electron chi connectivity index (χ1n) is 9.67. The summed E-state index contributed by atoms with van der Waals surface area (Å²) in [6.45, 7) is 6.73. The molecule has 1 aromatic carbocycles. The average molecular weight is 445 g/mol. The number of hydrogen-bond acceptors (Lipinski definition) is 4. The maximum atomic E-state index is 12.6. The van der Waals surface area contributed by atoms with Gasteiger partial charge in [-0.25, -0.2) is 14.5 Å². The van der Waals surface area contributed by atoms with Gasteiger partial charge in [-0.1, -0.05) is 29.3 Å². The molecule has 4 rings (SSSR count). The van der Waals surface area contributed by atoms with E-state index >= 15 is 0 Å². The Bertz CT molecular complexity index is 1060. The molecular weight excluding hydrogens is 423 g/mol. The summed E-state index contributed by atoms with van der Waals surface area (Å²) in [5.41, 5.74) is 3.72. The van der Waals surface area contributed by atoms with Crippen molar-refractivity contribution < 1.29 is 4.79 Å². The number of carbonyl (C=O) groups is 1. The third-order valence-electron chi connectivity index (χ3n) is 5.17. The fourth-order valence-corrected chi connectivity index (χ4v) is 4.00. The zero-order valence-electron chi connectivity index (χ0n) is 16.8. The van der Waals surface area contributed by atoms with E-state index in [1.165, 1.54) is 0 Å². The first-order valence-corrected chi connectivity index (χ1v) is 10.4. The lowest BCUT2D eigenvalue weighted by Crippen LogP contribution is -2.50. The first kappa shape index (κ1) is 20.5. The summed E-state index contributed by atoms with van der Waals surface area (Å²) in [4.78, 5) is 21.1. The van der Waals surface area contributed by atoms with Gasteiger partial charge in [-0.3, -0.25) is 0 Å². The standard InChI is InChI=1S/C21H22Cl2N6O/c1-14-20(15(2)29(26-14)19-5-3-4-8-24-19)27-9-11-28(12-10-27)21(30)25-16-6-7-17(22)18(23)13-16/h3-8,13H,9-12H2,1-2H3,(H,25,30). The Morgan fingerprint density at radius 1 is 1.03 bits per heavy atom. The number of carbonyl (C=O) groups excluding carboxylic acids is 1. The van der Waals surface area contributed by atoms with E-state index in [9.17, 15) is 4.79 Å². The van der Waals surface area contributed by atoms with Crippen LogP contribution in [0.15, 0.2) is 42.6 Å². The fraction of sp³-hybridized carbons (Fsp3) is 0.286. The maximum Gasteiger partial charge on any atom is 0.321 e. The van der Waals surface area contributed by atoms with Crippen molar-refractivity contribution in [3.05, 3.63) is 64.0 Å². The van der Waals surface area contributed by atoms with Gasteiger partial charge < -0.3 is 15.1 Å². The molecule has 0 spiro atoms. The molecular formula is C21H22Cl2N6O. The second kappa shape index (κ2) is 8.53. The fourth-order valence-electron chi connectivity index (χ4n) is 3.70. The van der Waals surface area contributed by atoms with Gasteiger partial charge in [0.05, 0.1) is 27.1 Å². The summed E-state index contributed by atoms with van der Waals surface area (Å²) >= 11 is 12.0. The lowest BCUT2D eigenvalue weighted by atomic mass is 10.2. The number of nitrogens with one attached hydrogen (secondary N) is 1. The summed E-state index contributed by atoms with van der Waals surface area (Å²) in [7, 11) is 0. The van der Waals surface area contributed by atoms with Crippen molar-refractivity contribution in [1.29, 1.82) is 0 Å². The summed E-state index contributed by atoms with van der Waals surface area (Å²) in [5.74, 6) is 0.795. The number of nitrogens with zero attached hydrogens (tertiary/aromatic N) is 5. The largest absolute Gasteiger partial charge is 0.365 e. The average Bonchev–Trinajstić information content (AvgIpc) is 3.05. The van der Waals surface area contributed by atoms with Gasteiger partial charge in [0.2, 0.25) is 0 Å². The highest BCUT2D eigenvalue weighted by molar-refractivity contribution is 6.42. The Morgan fingerprint density at radius 3 is 2.47 bits per heavy atom. The number of halogens is 2. The number of hydrogen-bond donors (Lipinski definition) is 1. The Hall–Kier alpha value is -2.77. The minimum atomic E-state index is -0.148. The van der Waals surface area contributed by atoms with E-state index in [-0.39, 0.29) is 6.03 Å². The molecule has 2 aromatic heterocycles. The molecule has 1 fully saturated rings. The molecule has 0 radical (unpaired) electrons. The van der Waals surface area contributed by atoms with E-state index in [2.05, 4.69) is 20.3 Å². The number of aryl methyl sites for hydroxylation is 1. The number of piperazine rings is 1. The molecule has 1 saturated heterocycles. The number of benzene rings is 1. The predicted octanol–water partition coefficient (Wildman–Crippen LogP) is 4.55. The molecule has 30 heavy (non-hydrogen) atoms. The molecule has 2 amide bonds. The quantitative estimate of drug-likeness (QED) is 0.643. The van der Waals surface area contributed by atoms with Crippen LogP contribution in [-0.2, 0) is 0 Å². The van der Waals surface area contributed by atoms with Crippen LogP contribution >= 0.6 is 23.2 Å². The normalized spacial score (nSPS) is 14.1. The number of pyridine rings is 1. The first-order chi connectivity index (χ1) is 14.4. The molecule has 1 N–H and O–H groups in total. The predicted molar refractivity (Wildman–Crippen MR) is 120 cm³/mol. The van der Waals surface area contributed by atoms with E-state index in [1.54, 1.807) is 29.3 Å². The molecule has 3 heterocycles. The van der Waals surface area contributed by atoms with E-state index in [1.807, 2.05) is 36.7 Å². The Balaban J connectivity index is 1.43. The van der Waals surface area contributed by atoms with Gasteiger partial charge in [0.1, 0.15) is 0 Å². The highest BCUT2D eigenvalue weighted by atomic mass is 35.5. The molecule has 7 nitrogen and oxygen atoms in total. The van der Waals surface area contributed by atoms with E-state index in [0.29, 0.717) is 28.8 Å². The molecule has 3 aromatic rings. The Kier molecular flexibility index (Phi) is 5.83. The number of amides is 2. The van der Waals surface area contributed by atoms with Crippen LogP contribution in [-0.4, -0.2) is 51.9 Å². The highest BCUT2D eigenvalue weighted by Gasteiger charge is 2.25. The lowest BCUT2D eigenvalue weighted by molar-refractivity contribution is 0.208.